The quantitative estimate of drug-likeness (QED) is 0.446. The van der Waals surface area contributed by atoms with Gasteiger partial charge in [-0.1, -0.05) is 24.3 Å². The molecule has 0 amide bonds. The van der Waals surface area contributed by atoms with E-state index in [1.165, 1.54) is 11.1 Å². The van der Waals surface area contributed by atoms with Gasteiger partial charge in [-0.25, -0.2) is 0 Å². The number of aliphatic hydroxyl groups excluding tert-OH is 1. The van der Waals surface area contributed by atoms with Crippen molar-refractivity contribution in [1.82, 2.24) is 9.88 Å². The van der Waals surface area contributed by atoms with E-state index in [-0.39, 0.29) is 5.92 Å². The van der Waals surface area contributed by atoms with Gasteiger partial charge in [0.2, 0.25) is 0 Å². The van der Waals surface area contributed by atoms with E-state index in [1.807, 2.05) is 24.3 Å². The molecule has 1 saturated heterocycles. The molecule has 5 rings (SSSR count). The van der Waals surface area contributed by atoms with Gasteiger partial charge in [0.1, 0.15) is 5.75 Å². The third-order valence-electron chi connectivity index (χ3n) is 8.51. The summed E-state index contributed by atoms with van der Waals surface area (Å²) >= 11 is 0. The van der Waals surface area contributed by atoms with Gasteiger partial charge in [0.05, 0.1) is 24.6 Å². The third-order valence-corrected chi connectivity index (χ3v) is 8.51. The molecule has 2 heterocycles. The van der Waals surface area contributed by atoms with Crippen molar-refractivity contribution in [1.29, 1.82) is 0 Å². The zero-order valence-electron chi connectivity index (χ0n) is 21.1. The number of hydrogen-bond donors (Lipinski definition) is 2. The molecule has 6 heteroatoms. The molecule has 1 unspecified atom stereocenters. The van der Waals surface area contributed by atoms with E-state index < -0.39 is 18.0 Å². The Morgan fingerprint density at radius 2 is 2.00 bits per heavy atom. The number of ether oxygens (including phenoxy) is 1. The number of likely N-dealkylation sites (tertiary alicyclic amines) is 1. The summed E-state index contributed by atoms with van der Waals surface area (Å²) in [6.07, 6.45) is 5.35. The number of pyridine rings is 1. The fraction of sp³-hybridized carbons (Fsp3) is 0.467. The molecule has 1 aromatic heterocycles. The molecule has 190 valence electrons. The van der Waals surface area contributed by atoms with E-state index >= 15 is 0 Å². The molecule has 2 aliphatic rings. The number of benzene rings is 2. The number of hydrogen-bond acceptors (Lipinski definition) is 5. The molecule has 0 spiro atoms. The summed E-state index contributed by atoms with van der Waals surface area (Å²) in [6, 6.07) is 16.6. The van der Waals surface area contributed by atoms with Crippen molar-refractivity contribution in [2.45, 2.75) is 57.1 Å². The highest BCUT2D eigenvalue weighted by molar-refractivity contribution is 5.83. The average Bonchev–Trinajstić information content (AvgIpc) is 2.87. The van der Waals surface area contributed by atoms with Crippen molar-refractivity contribution < 1.29 is 19.7 Å². The summed E-state index contributed by atoms with van der Waals surface area (Å²) in [7, 11) is 1.62. The van der Waals surface area contributed by atoms with Crippen LogP contribution in [0.25, 0.3) is 10.9 Å². The van der Waals surface area contributed by atoms with Crippen molar-refractivity contribution in [3.8, 4) is 5.75 Å². The van der Waals surface area contributed by atoms with Crippen LogP contribution < -0.4 is 4.74 Å². The van der Waals surface area contributed by atoms with Gasteiger partial charge >= 0.3 is 5.97 Å². The van der Waals surface area contributed by atoms with E-state index in [9.17, 15) is 15.0 Å². The molecule has 1 aliphatic heterocycles. The van der Waals surface area contributed by atoms with Crippen LogP contribution in [0, 0.1) is 18.8 Å². The number of nitrogens with zero attached hydrogens (tertiary/aromatic N) is 2. The van der Waals surface area contributed by atoms with Crippen LogP contribution in [0.4, 0.5) is 0 Å². The maximum Gasteiger partial charge on any atom is 0.308 e. The minimum Gasteiger partial charge on any atom is -0.497 e. The maximum atomic E-state index is 12.2. The molecular weight excluding hydrogens is 452 g/mol. The molecule has 3 aromatic rings. The van der Waals surface area contributed by atoms with Crippen LogP contribution in [-0.4, -0.2) is 52.3 Å². The minimum atomic E-state index is -0.715. The first kappa shape index (κ1) is 24.7. The van der Waals surface area contributed by atoms with Crippen molar-refractivity contribution in [3.05, 3.63) is 71.4 Å². The summed E-state index contributed by atoms with van der Waals surface area (Å²) in [5, 5.41) is 22.0. The van der Waals surface area contributed by atoms with Crippen molar-refractivity contribution in [2.24, 2.45) is 11.8 Å². The zero-order valence-corrected chi connectivity index (χ0v) is 21.1. The van der Waals surface area contributed by atoms with Gasteiger partial charge in [-0.05, 0) is 98.4 Å². The van der Waals surface area contributed by atoms with Crippen LogP contribution in [0.2, 0.25) is 0 Å². The number of methoxy groups -OCH3 is 1. The van der Waals surface area contributed by atoms with Gasteiger partial charge in [0.25, 0.3) is 0 Å². The second-order valence-electron chi connectivity index (χ2n) is 10.5. The number of aromatic nitrogens is 1. The van der Waals surface area contributed by atoms with Crippen molar-refractivity contribution in [3.63, 3.8) is 0 Å². The van der Waals surface area contributed by atoms with E-state index in [4.69, 9.17) is 4.74 Å². The summed E-state index contributed by atoms with van der Waals surface area (Å²) in [5.74, 6) is 0.276. The Bertz CT molecular complexity index is 1220. The van der Waals surface area contributed by atoms with Gasteiger partial charge in [0, 0.05) is 24.2 Å². The number of aliphatic carboxylic acids is 1. The number of carboxylic acid groups (broad SMARTS) is 1. The summed E-state index contributed by atoms with van der Waals surface area (Å²) in [6.45, 7) is 3.72. The van der Waals surface area contributed by atoms with E-state index in [0.717, 1.165) is 48.0 Å². The molecule has 36 heavy (non-hydrogen) atoms. The molecule has 1 saturated carbocycles. The summed E-state index contributed by atoms with van der Waals surface area (Å²) in [4.78, 5) is 19.0. The van der Waals surface area contributed by atoms with Gasteiger partial charge in [-0.2, -0.15) is 0 Å². The van der Waals surface area contributed by atoms with Gasteiger partial charge in [-0.15, -0.1) is 0 Å². The number of aliphatic hydroxyl groups is 1. The monoisotopic (exact) mass is 488 g/mol. The first-order valence-electron chi connectivity index (χ1n) is 13.1. The van der Waals surface area contributed by atoms with Crippen molar-refractivity contribution in [2.75, 3.05) is 20.2 Å². The highest BCUT2D eigenvalue weighted by Crippen LogP contribution is 2.43. The fourth-order valence-corrected chi connectivity index (χ4v) is 6.26. The Morgan fingerprint density at radius 3 is 2.75 bits per heavy atom. The van der Waals surface area contributed by atoms with Crippen LogP contribution in [-0.2, 0) is 4.79 Å². The molecular formula is C30H36N2O4. The van der Waals surface area contributed by atoms with Gasteiger partial charge in [0.15, 0.2) is 0 Å². The predicted molar refractivity (Wildman–Crippen MR) is 140 cm³/mol. The van der Waals surface area contributed by atoms with E-state index in [1.54, 1.807) is 13.3 Å². The van der Waals surface area contributed by atoms with E-state index in [0.29, 0.717) is 31.3 Å². The first-order chi connectivity index (χ1) is 17.4. The fourth-order valence-electron chi connectivity index (χ4n) is 6.26. The predicted octanol–water partition coefficient (Wildman–Crippen LogP) is 5.33. The highest BCUT2D eigenvalue weighted by Gasteiger charge is 2.41. The number of carbonyl (C=O) groups is 1. The second kappa shape index (κ2) is 10.6. The standard InChI is InChI=1S/C30H36N2O4/c1-19-5-3-4-6-24(19)21-15-22(16-21)32-14-12-20(27(18-32)30(34)35)7-10-29(33)25-11-13-31-28-9-8-23(36-2)17-26(25)28/h3-6,8-9,11,13,17,20-22,27,29,33H,7,10,12,14-16,18H2,1-2H3,(H,34,35)/t20-,21?,22?,27+,29?/m1/s1. The normalized spacial score (nSPS) is 25.3. The molecule has 0 radical (unpaired) electrons. The third kappa shape index (κ3) is 4.97. The molecule has 6 nitrogen and oxygen atoms in total. The van der Waals surface area contributed by atoms with E-state index in [2.05, 4.69) is 41.1 Å². The smallest absolute Gasteiger partial charge is 0.308 e. The van der Waals surface area contributed by atoms with Crippen LogP contribution >= 0.6 is 0 Å². The summed E-state index contributed by atoms with van der Waals surface area (Å²) in [5.41, 5.74) is 4.42. The number of aryl methyl sites for hydroxylation is 1. The van der Waals surface area contributed by atoms with Crippen LogP contribution in [0.15, 0.2) is 54.7 Å². The SMILES string of the molecule is COc1ccc2nccc(C(O)CC[C@@H]3CCN(C4CC(c5ccccc5C)C4)C[C@@H]3C(=O)O)c2c1. The van der Waals surface area contributed by atoms with Gasteiger partial charge in [-0.3, -0.25) is 14.7 Å². The zero-order chi connectivity index (χ0) is 25.2. The highest BCUT2D eigenvalue weighted by atomic mass is 16.5. The minimum absolute atomic E-state index is 0.0725. The largest absolute Gasteiger partial charge is 0.497 e. The molecule has 3 atom stereocenters. The molecule has 2 fully saturated rings. The first-order valence-corrected chi connectivity index (χ1v) is 13.1. The Kier molecular flexibility index (Phi) is 7.26. The Morgan fingerprint density at radius 1 is 1.19 bits per heavy atom. The Balaban J connectivity index is 1.20. The van der Waals surface area contributed by atoms with Gasteiger partial charge < -0.3 is 14.9 Å². The lowest BCUT2D eigenvalue weighted by molar-refractivity contribution is -0.147. The summed E-state index contributed by atoms with van der Waals surface area (Å²) < 4.78 is 5.35. The lowest BCUT2D eigenvalue weighted by atomic mass is 9.72. The molecule has 1 aliphatic carbocycles. The van der Waals surface area contributed by atoms with Crippen LogP contribution in [0.1, 0.15) is 60.8 Å². The number of rotatable bonds is 8. The topological polar surface area (TPSA) is 82.9 Å². The lowest BCUT2D eigenvalue weighted by Crippen LogP contribution is -2.52. The van der Waals surface area contributed by atoms with Crippen LogP contribution in [0.5, 0.6) is 5.75 Å². The molecule has 2 aromatic carbocycles. The Hall–Kier alpha value is -2.96. The van der Waals surface area contributed by atoms with Crippen LogP contribution in [0.3, 0.4) is 0 Å². The molecule has 2 N–H and O–H groups in total. The molecule has 0 bridgehead atoms. The average molecular weight is 489 g/mol. The maximum absolute atomic E-state index is 12.2. The Labute approximate surface area is 212 Å². The lowest BCUT2D eigenvalue weighted by Gasteiger charge is -2.48. The van der Waals surface area contributed by atoms with Crippen molar-refractivity contribution >= 4 is 16.9 Å². The second-order valence-corrected chi connectivity index (χ2v) is 10.5. The number of carboxylic acids is 1. The number of piperidine rings is 1. The number of fused-ring (bicyclic) bond motifs is 1.